The van der Waals surface area contributed by atoms with Crippen molar-refractivity contribution in [3.05, 3.63) is 84.2 Å². The van der Waals surface area contributed by atoms with Gasteiger partial charge in [0, 0.05) is 16.9 Å². The SMILES string of the molecule is COc1ccc(NC(=O)c2ccc(NS(=O)(=O)c3ccc(F)cc3)cc2)cc1. The van der Waals surface area contributed by atoms with Crippen LogP contribution in [0.25, 0.3) is 0 Å². The van der Waals surface area contributed by atoms with Gasteiger partial charge in [-0.15, -0.1) is 0 Å². The van der Waals surface area contributed by atoms with Crippen LogP contribution < -0.4 is 14.8 Å². The van der Waals surface area contributed by atoms with Crippen molar-refractivity contribution in [2.45, 2.75) is 4.90 Å². The van der Waals surface area contributed by atoms with Crippen LogP contribution in [-0.4, -0.2) is 21.4 Å². The van der Waals surface area contributed by atoms with Gasteiger partial charge in [0.1, 0.15) is 11.6 Å². The number of carbonyl (C=O) groups excluding carboxylic acids is 1. The van der Waals surface area contributed by atoms with E-state index in [1.165, 1.54) is 36.4 Å². The van der Waals surface area contributed by atoms with Crippen LogP contribution in [0.1, 0.15) is 10.4 Å². The van der Waals surface area contributed by atoms with E-state index in [9.17, 15) is 17.6 Å². The van der Waals surface area contributed by atoms with Crippen LogP contribution in [0.3, 0.4) is 0 Å². The van der Waals surface area contributed by atoms with Crippen molar-refractivity contribution in [2.75, 3.05) is 17.1 Å². The molecule has 0 spiro atoms. The lowest BCUT2D eigenvalue weighted by molar-refractivity contribution is 0.102. The zero-order valence-corrected chi connectivity index (χ0v) is 15.7. The summed E-state index contributed by atoms with van der Waals surface area (Å²) in [5.74, 6) is -0.180. The largest absolute Gasteiger partial charge is 0.497 e. The number of amides is 1. The minimum atomic E-state index is -3.85. The number of hydrogen-bond acceptors (Lipinski definition) is 4. The van der Waals surface area contributed by atoms with E-state index in [-0.39, 0.29) is 16.5 Å². The fourth-order valence-electron chi connectivity index (χ4n) is 2.40. The molecule has 28 heavy (non-hydrogen) atoms. The van der Waals surface area contributed by atoms with Crippen molar-refractivity contribution >= 4 is 27.3 Å². The van der Waals surface area contributed by atoms with E-state index in [0.717, 1.165) is 12.1 Å². The predicted molar refractivity (Wildman–Crippen MR) is 105 cm³/mol. The Kier molecular flexibility index (Phi) is 5.60. The summed E-state index contributed by atoms with van der Waals surface area (Å²) in [6.45, 7) is 0. The maximum absolute atomic E-state index is 13.0. The van der Waals surface area contributed by atoms with Crippen molar-refractivity contribution in [3.8, 4) is 5.75 Å². The number of benzene rings is 3. The van der Waals surface area contributed by atoms with Crippen molar-refractivity contribution < 1.29 is 22.3 Å². The van der Waals surface area contributed by atoms with Gasteiger partial charge in [-0.05, 0) is 72.8 Å². The molecular weight excluding hydrogens is 383 g/mol. The minimum absolute atomic E-state index is 0.0600. The lowest BCUT2D eigenvalue weighted by Crippen LogP contribution is -2.14. The summed E-state index contributed by atoms with van der Waals surface area (Å²) in [5.41, 5.74) is 1.25. The molecular formula is C20H17FN2O4S. The van der Waals surface area contributed by atoms with Gasteiger partial charge in [-0.25, -0.2) is 12.8 Å². The highest BCUT2D eigenvalue weighted by molar-refractivity contribution is 7.92. The monoisotopic (exact) mass is 400 g/mol. The topological polar surface area (TPSA) is 84.5 Å². The zero-order valence-electron chi connectivity index (χ0n) is 14.8. The molecule has 0 aliphatic carbocycles. The number of ether oxygens (including phenoxy) is 1. The lowest BCUT2D eigenvalue weighted by atomic mass is 10.2. The van der Waals surface area contributed by atoms with Crippen LogP contribution in [0.2, 0.25) is 0 Å². The molecule has 0 saturated heterocycles. The second kappa shape index (κ2) is 8.10. The number of sulfonamides is 1. The zero-order chi connectivity index (χ0) is 20.1. The molecule has 0 aliphatic heterocycles. The lowest BCUT2D eigenvalue weighted by Gasteiger charge is -2.09. The third-order valence-corrected chi connectivity index (χ3v) is 5.27. The van der Waals surface area contributed by atoms with Crippen LogP contribution in [-0.2, 0) is 10.0 Å². The molecule has 8 heteroatoms. The fraction of sp³-hybridized carbons (Fsp3) is 0.0500. The van der Waals surface area contributed by atoms with Crippen molar-refractivity contribution in [1.82, 2.24) is 0 Å². The van der Waals surface area contributed by atoms with Gasteiger partial charge in [-0.3, -0.25) is 9.52 Å². The summed E-state index contributed by atoms with van der Waals surface area (Å²) in [6, 6.07) is 17.3. The van der Waals surface area contributed by atoms with Crippen LogP contribution >= 0.6 is 0 Å². The van der Waals surface area contributed by atoms with Crippen LogP contribution in [0.15, 0.2) is 77.7 Å². The molecule has 1 amide bonds. The average molecular weight is 400 g/mol. The summed E-state index contributed by atoms with van der Waals surface area (Å²) in [7, 11) is -2.29. The Morgan fingerprint density at radius 1 is 0.857 bits per heavy atom. The molecule has 3 aromatic carbocycles. The molecule has 0 fully saturated rings. The van der Waals surface area contributed by atoms with E-state index in [0.29, 0.717) is 17.0 Å². The number of hydrogen-bond donors (Lipinski definition) is 2. The first-order chi connectivity index (χ1) is 13.4. The third kappa shape index (κ3) is 4.66. The van der Waals surface area contributed by atoms with Crippen LogP contribution in [0.4, 0.5) is 15.8 Å². The molecule has 0 radical (unpaired) electrons. The van der Waals surface area contributed by atoms with Gasteiger partial charge in [-0.2, -0.15) is 0 Å². The summed E-state index contributed by atoms with van der Waals surface area (Å²) >= 11 is 0. The molecule has 3 rings (SSSR count). The second-order valence-electron chi connectivity index (χ2n) is 5.82. The molecule has 0 aliphatic rings. The van der Waals surface area contributed by atoms with E-state index in [2.05, 4.69) is 10.0 Å². The standard InChI is InChI=1S/C20H17FN2O4S/c1-27-18-10-8-16(9-11-18)22-20(24)14-2-6-17(7-3-14)23-28(25,26)19-12-4-15(21)5-13-19/h2-13,23H,1H3,(H,22,24). The molecule has 3 aromatic rings. The molecule has 0 unspecified atom stereocenters. The highest BCUT2D eigenvalue weighted by atomic mass is 32.2. The van der Waals surface area contributed by atoms with E-state index in [4.69, 9.17) is 4.74 Å². The number of carbonyl (C=O) groups is 1. The Balaban J connectivity index is 1.68. The average Bonchev–Trinajstić information content (AvgIpc) is 2.69. The second-order valence-corrected chi connectivity index (χ2v) is 7.50. The molecule has 6 nitrogen and oxygen atoms in total. The molecule has 144 valence electrons. The Bertz CT molecular complexity index is 1060. The number of anilines is 2. The molecule has 0 bridgehead atoms. The number of nitrogens with one attached hydrogen (secondary N) is 2. The van der Waals surface area contributed by atoms with Gasteiger partial charge in [0.25, 0.3) is 15.9 Å². The third-order valence-electron chi connectivity index (χ3n) is 3.87. The Labute approximate surface area is 162 Å². The molecule has 0 saturated carbocycles. The first-order valence-corrected chi connectivity index (χ1v) is 9.69. The Hall–Kier alpha value is -3.39. The minimum Gasteiger partial charge on any atom is -0.497 e. The molecule has 0 aromatic heterocycles. The van der Waals surface area contributed by atoms with E-state index in [1.54, 1.807) is 31.4 Å². The molecule has 2 N–H and O–H groups in total. The number of halogens is 1. The summed E-state index contributed by atoms with van der Waals surface area (Å²) in [5, 5.41) is 2.74. The maximum Gasteiger partial charge on any atom is 0.261 e. The summed E-state index contributed by atoms with van der Waals surface area (Å²) in [6.07, 6.45) is 0. The van der Waals surface area contributed by atoms with E-state index < -0.39 is 15.8 Å². The summed E-state index contributed by atoms with van der Waals surface area (Å²) in [4.78, 5) is 12.2. The highest BCUT2D eigenvalue weighted by Gasteiger charge is 2.14. The van der Waals surface area contributed by atoms with Crippen molar-refractivity contribution in [3.63, 3.8) is 0 Å². The van der Waals surface area contributed by atoms with Gasteiger partial charge >= 0.3 is 0 Å². The fourth-order valence-corrected chi connectivity index (χ4v) is 3.45. The Morgan fingerprint density at radius 3 is 2.00 bits per heavy atom. The van der Waals surface area contributed by atoms with Gasteiger partial charge in [0.05, 0.1) is 12.0 Å². The first-order valence-electron chi connectivity index (χ1n) is 8.21. The number of methoxy groups -OCH3 is 1. The van der Waals surface area contributed by atoms with Gasteiger partial charge < -0.3 is 10.1 Å². The Morgan fingerprint density at radius 2 is 1.43 bits per heavy atom. The van der Waals surface area contributed by atoms with Gasteiger partial charge in [-0.1, -0.05) is 0 Å². The molecule has 0 heterocycles. The maximum atomic E-state index is 13.0. The predicted octanol–water partition coefficient (Wildman–Crippen LogP) is 3.89. The quantitative estimate of drug-likeness (QED) is 0.658. The van der Waals surface area contributed by atoms with E-state index in [1.807, 2.05) is 0 Å². The van der Waals surface area contributed by atoms with Crippen molar-refractivity contribution in [1.29, 1.82) is 0 Å². The smallest absolute Gasteiger partial charge is 0.261 e. The van der Waals surface area contributed by atoms with Crippen LogP contribution in [0, 0.1) is 5.82 Å². The highest BCUT2D eigenvalue weighted by Crippen LogP contribution is 2.19. The molecule has 0 atom stereocenters. The normalized spacial score (nSPS) is 10.9. The number of rotatable bonds is 6. The van der Waals surface area contributed by atoms with Crippen LogP contribution in [0.5, 0.6) is 5.75 Å². The van der Waals surface area contributed by atoms with Crippen molar-refractivity contribution in [2.24, 2.45) is 0 Å². The first kappa shape index (κ1) is 19.4. The summed E-state index contributed by atoms with van der Waals surface area (Å²) < 4.78 is 45.0. The van der Waals surface area contributed by atoms with E-state index >= 15 is 0 Å². The van der Waals surface area contributed by atoms with Gasteiger partial charge in [0.15, 0.2) is 0 Å². The van der Waals surface area contributed by atoms with Gasteiger partial charge in [0.2, 0.25) is 0 Å².